The summed E-state index contributed by atoms with van der Waals surface area (Å²) in [5, 5.41) is 2.50. The van der Waals surface area contributed by atoms with Gasteiger partial charge in [0.2, 0.25) is 5.95 Å². The summed E-state index contributed by atoms with van der Waals surface area (Å²) in [5.41, 5.74) is 0. The number of amides is 1. The van der Waals surface area contributed by atoms with Crippen molar-refractivity contribution in [3.05, 3.63) is 16.9 Å². The Hall–Kier alpha value is -1.05. The molecule has 0 atom stereocenters. The normalized spacial score (nSPS) is 10.1. The lowest BCUT2D eigenvalue weighted by atomic mass is 10.6. The number of nitrogens with one attached hydrogen (secondary N) is 1. The fourth-order valence-corrected chi connectivity index (χ4v) is 1.05. The van der Waals surface area contributed by atoms with E-state index in [1.54, 1.807) is 19.5 Å². The maximum absolute atomic E-state index is 11.3. The summed E-state index contributed by atoms with van der Waals surface area (Å²) in [6.45, 7) is 0.802. The van der Waals surface area contributed by atoms with Crippen molar-refractivity contribution >= 4 is 27.8 Å². The number of hydrogen-bond donors (Lipinski definition) is 1. The van der Waals surface area contributed by atoms with E-state index in [0.29, 0.717) is 13.2 Å². The molecule has 0 aliphatic carbocycles. The first-order valence-corrected chi connectivity index (χ1v) is 5.35. The Morgan fingerprint density at radius 1 is 1.44 bits per heavy atom. The van der Waals surface area contributed by atoms with Crippen LogP contribution in [0.15, 0.2) is 16.9 Å². The Kier molecular flexibility index (Phi) is 5.91. The zero-order valence-electron chi connectivity index (χ0n) is 8.77. The van der Waals surface area contributed by atoms with Crippen LogP contribution < -0.4 is 5.32 Å². The van der Waals surface area contributed by atoms with Crippen LogP contribution in [0.25, 0.3) is 0 Å². The van der Waals surface area contributed by atoms with Gasteiger partial charge in [0.15, 0.2) is 0 Å². The number of hydrogen-bond acceptors (Lipinski definition) is 5. The Morgan fingerprint density at radius 2 is 2.12 bits per heavy atom. The summed E-state index contributed by atoms with van der Waals surface area (Å²) < 4.78 is 10.6. The quantitative estimate of drug-likeness (QED) is 0.786. The minimum Gasteiger partial charge on any atom is -0.382 e. The van der Waals surface area contributed by atoms with Crippen molar-refractivity contribution in [2.75, 3.05) is 32.2 Å². The number of methoxy groups -OCH3 is 1. The third-order valence-corrected chi connectivity index (χ3v) is 1.95. The average Bonchev–Trinajstić information content (AvgIpc) is 2.28. The molecule has 0 spiro atoms. The molecule has 88 valence electrons. The average molecular weight is 290 g/mol. The van der Waals surface area contributed by atoms with E-state index < -0.39 is 0 Å². The second-order valence-electron chi connectivity index (χ2n) is 2.82. The van der Waals surface area contributed by atoms with Crippen molar-refractivity contribution in [2.24, 2.45) is 0 Å². The highest BCUT2D eigenvalue weighted by Gasteiger charge is 2.03. The number of carbonyl (C=O) groups is 1. The number of rotatable bonds is 6. The highest BCUT2D eigenvalue weighted by Crippen LogP contribution is 2.06. The molecule has 0 aliphatic heterocycles. The van der Waals surface area contributed by atoms with E-state index in [1.807, 2.05) is 0 Å². The van der Waals surface area contributed by atoms with Crippen LogP contribution in [0.1, 0.15) is 0 Å². The van der Waals surface area contributed by atoms with Crippen molar-refractivity contribution in [3.63, 3.8) is 0 Å². The maximum atomic E-state index is 11.3. The Bertz CT molecular complexity index is 331. The molecule has 0 aromatic carbocycles. The van der Waals surface area contributed by atoms with Gasteiger partial charge < -0.3 is 9.47 Å². The molecule has 0 saturated heterocycles. The van der Waals surface area contributed by atoms with Crippen LogP contribution in [0.4, 0.5) is 5.95 Å². The molecule has 1 heterocycles. The van der Waals surface area contributed by atoms with Gasteiger partial charge in [0, 0.05) is 19.5 Å². The molecular formula is C9H12BrN3O3. The Balaban J connectivity index is 2.26. The fraction of sp³-hybridized carbons (Fsp3) is 0.444. The van der Waals surface area contributed by atoms with Crippen LogP contribution in [0.2, 0.25) is 0 Å². The van der Waals surface area contributed by atoms with Crippen molar-refractivity contribution in [3.8, 4) is 0 Å². The predicted molar refractivity (Wildman–Crippen MR) is 61.1 cm³/mol. The molecule has 7 heteroatoms. The molecule has 0 aliphatic rings. The lowest BCUT2D eigenvalue weighted by Crippen LogP contribution is -2.20. The molecule has 1 aromatic rings. The molecule has 6 nitrogen and oxygen atoms in total. The monoisotopic (exact) mass is 289 g/mol. The van der Waals surface area contributed by atoms with Gasteiger partial charge in [-0.25, -0.2) is 9.97 Å². The topological polar surface area (TPSA) is 73.3 Å². The lowest BCUT2D eigenvalue weighted by Gasteiger charge is -2.04. The molecule has 1 rings (SSSR count). The molecule has 0 unspecified atom stereocenters. The van der Waals surface area contributed by atoms with Crippen LogP contribution in [-0.4, -0.2) is 42.8 Å². The van der Waals surface area contributed by atoms with Gasteiger partial charge in [-0.3, -0.25) is 10.1 Å². The fourth-order valence-electron chi connectivity index (χ4n) is 0.845. The van der Waals surface area contributed by atoms with Crippen molar-refractivity contribution in [1.82, 2.24) is 9.97 Å². The minimum atomic E-state index is -0.293. The number of carbonyl (C=O) groups excluding carboxylic acids is 1. The third kappa shape index (κ3) is 5.15. The largest absolute Gasteiger partial charge is 0.382 e. The summed E-state index contributed by atoms with van der Waals surface area (Å²) in [7, 11) is 1.57. The standard InChI is InChI=1S/C9H12BrN3O3/c1-15-2-3-16-6-8(14)13-9-11-4-7(10)5-12-9/h4-5H,2-3,6H2,1H3,(H,11,12,13,14). The van der Waals surface area contributed by atoms with Gasteiger partial charge in [-0.1, -0.05) is 0 Å². The van der Waals surface area contributed by atoms with Crippen molar-refractivity contribution < 1.29 is 14.3 Å². The summed E-state index contributed by atoms with van der Waals surface area (Å²) in [4.78, 5) is 19.1. The molecule has 0 bridgehead atoms. The van der Waals surface area contributed by atoms with Gasteiger partial charge in [-0.15, -0.1) is 0 Å². The van der Waals surface area contributed by atoms with Gasteiger partial charge in [-0.05, 0) is 15.9 Å². The zero-order chi connectivity index (χ0) is 11.8. The first-order valence-electron chi connectivity index (χ1n) is 4.56. The third-order valence-electron chi connectivity index (χ3n) is 1.54. The SMILES string of the molecule is COCCOCC(=O)Nc1ncc(Br)cn1. The van der Waals surface area contributed by atoms with E-state index in [1.165, 1.54) is 0 Å². The van der Waals surface area contributed by atoms with Crippen LogP contribution in [-0.2, 0) is 14.3 Å². The highest BCUT2D eigenvalue weighted by molar-refractivity contribution is 9.10. The van der Waals surface area contributed by atoms with Gasteiger partial charge in [0.25, 0.3) is 5.91 Å². The number of nitrogens with zero attached hydrogens (tertiary/aromatic N) is 2. The zero-order valence-corrected chi connectivity index (χ0v) is 10.4. The predicted octanol–water partition coefficient (Wildman–Crippen LogP) is 0.841. The number of ether oxygens (including phenoxy) is 2. The maximum Gasteiger partial charge on any atom is 0.252 e. The van der Waals surface area contributed by atoms with Crippen LogP contribution in [0.5, 0.6) is 0 Å². The number of halogens is 1. The first-order chi connectivity index (χ1) is 7.72. The Labute approximate surface area is 102 Å². The molecule has 0 fully saturated rings. The van der Waals surface area contributed by atoms with Gasteiger partial charge in [0.1, 0.15) is 6.61 Å². The summed E-state index contributed by atoms with van der Waals surface area (Å²) in [6, 6.07) is 0. The summed E-state index contributed by atoms with van der Waals surface area (Å²) in [5.74, 6) is -0.0398. The summed E-state index contributed by atoms with van der Waals surface area (Å²) in [6.07, 6.45) is 3.10. The lowest BCUT2D eigenvalue weighted by molar-refractivity contribution is -0.121. The highest BCUT2D eigenvalue weighted by atomic mass is 79.9. The van der Waals surface area contributed by atoms with E-state index in [0.717, 1.165) is 4.47 Å². The molecule has 1 amide bonds. The number of aromatic nitrogens is 2. The van der Waals surface area contributed by atoms with Crippen LogP contribution in [0, 0.1) is 0 Å². The second-order valence-corrected chi connectivity index (χ2v) is 3.73. The van der Waals surface area contributed by atoms with Crippen LogP contribution in [0.3, 0.4) is 0 Å². The van der Waals surface area contributed by atoms with E-state index in [2.05, 4.69) is 31.2 Å². The molecule has 0 radical (unpaired) electrons. The van der Waals surface area contributed by atoms with E-state index in [4.69, 9.17) is 9.47 Å². The van der Waals surface area contributed by atoms with Crippen molar-refractivity contribution in [2.45, 2.75) is 0 Å². The van der Waals surface area contributed by atoms with Crippen LogP contribution >= 0.6 is 15.9 Å². The molecule has 1 aromatic heterocycles. The molecule has 1 N–H and O–H groups in total. The van der Waals surface area contributed by atoms with E-state index >= 15 is 0 Å². The smallest absolute Gasteiger partial charge is 0.252 e. The molecule has 0 saturated carbocycles. The number of anilines is 1. The van der Waals surface area contributed by atoms with Gasteiger partial charge >= 0.3 is 0 Å². The van der Waals surface area contributed by atoms with Crippen molar-refractivity contribution in [1.29, 1.82) is 0 Å². The first kappa shape index (κ1) is 13.0. The van der Waals surface area contributed by atoms with E-state index in [-0.39, 0.29) is 18.5 Å². The van der Waals surface area contributed by atoms with Gasteiger partial charge in [0.05, 0.1) is 17.7 Å². The Morgan fingerprint density at radius 3 is 2.75 bits per heavy atom. The molecular weight excluding hydrogens is 278 g/mol. The summed E-state index contributed by atoms with van der Waals surface area (Å²) >= 11 is 3.19. The van der Waals surface area contributed by atoms with Gasteiger partial charge in [-0.2, -0.15) is 0 Å². The minimum absolute atomic E-state index is 0.0389. The second kappa shape index (κ2) is 7.26. The molecule has 16 heavy (non-hydrogen) atoms. The van der Waals surface area contributed by atoms with E-state index in [9.17, 15) is 4.79 Å².